The molecule has 2 heterocycles. The molecule has 10 nitrogen and oxygen atoms in total. The van der Waals surface area contributed by atoms with Crippen molar-refractivity contribution in [3.8, 4) is 5.75 Å². The molecule has 0 spiro atoms. The van der Waals surface area contributed by atoms with E-state index >= 15 is 0 Å². The van der Waals surface area contributed by atoms with Crippen molar-refractivity contribution in [3.63, 3.8) is 0 Å². The molecule has 1 aliphatic rings. The highest BCUT2D eigenvalue weighted by Gasteiger charge is 2.19. The van der Waals surface area contributed by atoms with Gasteiger partial charge in [0, 0.05) is 63.7 Å². The summed E-state index contributed by atoms with van der Waals surface area (Å²) in [5.41, 5.74) is 1.60. The fraction of sp³-hybridized carbons (Fsp3) is 0.414. The van der Waals surface area contributed by atoms with Crippen LogP contribution >= 0.6 is 11.6 Å². The summed E-state index contributed by atoms with van der Waals surface area (Å²) in [4.78, 5) is 23.8. The molecule has 1 aromatic heterocycles. The Labute approximate surface area is 243 Å². The largest absolute Gasteiger partial charge is 0.489 e. The minimum absolute atomic E-state index is 0.00909. The normalized spacial score (nSPS) is 15.2. The van der Waals surface area contributed by atoms with Crippen molar-refractivity contribution in [2.24, 2.45) is 0 Å². The van der Waals surface area contributed by atoms with Gasteiger partial charge < -0.3 is 29.6 Å². The van der Waals surface area contributed by atoms with Crippen molar-refractivity contribution in [2.75, 3.05) is 70.9 Å². The van der Waals surface area contributed by atoms with Crippen molar-refractivity contribution < 1.29 is 28.1 Å². The number of ether oxygens (including phenoxy) is 4. The predicted molar refractivity (Wildman–Crippen MR) is 157 cm³/mol. The Balaban J connectivity index is 1.56. The number of hydrogen-bond acceptors (Lipinski definition) is 9. The van der Waals surface area contributed by atoms with Crippen LogP contribution in [0.1, 0.15) is 12.8 Å². The highest BCUT2D eigenvalue weighted by atomic mass is 35.5. The fourth-order valence-corrected chi connectivity index (χ4v) is 4.47. The highest BCUT2D eigenvalue weighted by molar-refractivity contribution is 6.31. The lowest BCUT2D eigenvalue weighted by atomic mass is 10.1. The van der Waals surface area contributed by atoms with Gasteiger partial charge in [-0.15, -0.1) is 0 Å². The average molecular weight is 588 g/mol. The molecule has 0 bridgehead atoms. The maximum Gasteiger partial charge on any atom is 0.248 e. The van der Waals surface area contributed by atoms with E-state index < -0.39 is 5.82 Å². The lowest BCUT2D eigenvalue weighted by Crippen LogP contribution is -2.31. The smallest absolute Gasteiger partial charge is 0.248 e. The van der Waals surface area contributed by atoms with Crippen molar-refractivity contribution in [3.05, 3.63) is 59.7 Å². The second kappa shape index (κ2) is 15.6. The molecule has 0 aliphatic carbocycles. The van der Waals surface area contributed by atoms with Gasteiger partial charge in [0.25, 0.3) is 0 Å². The first kappa shape index (κ1) is 30.6. The summed E-state index contributed by atoms with van der Waals surface area (Å²) >= 11 is 5.96. The van der Waals surface area contributed by atoms with E-state index in [9.17, 15) is 9.18 Å². The molecule has 41 heavy (non-hydrogen) atoms. The predicted octanol–water partition coefficient (Wildman–Crippen LogP) is 4.81. The first-order valence-corrected chi connectivity index (χ1v) is 13.8. The van der Waals surface area contributed by atoms with Gasteiger partial charge in [0.2, 0.25) is 5.91 Å². The van der Waals surface area contributed by atoms with Crippen LogP contribution in [0.2, 0.25) is 5.02 Å². The number of amides is 1. The minimum Gasteiger partial charge on any atom is -0.489 e. The van der Waals surface area contributed by atoms with Gasteiger partial charge in [-0.05, 0) is 37.1 Å². The van der Waals surface area contributed by atoms with Crippen LogP contribution in [0.15, 0.2) is 48.8 Å². The number of carbonyl (C=O) groups is 1. The van der Waals surface area contributed by atoms with Gasteiger partial charge in [-0.25, -0.2) is 14.4 Å². The Morgan fingerprint density at radius 1 is 1.20 bits per heavy atom. The number of fused-ring (bicyclic) bond motifs is 1. The number of nitrogens with one attached hydrogen (secondary N) is 2. The molecule has 1 atom stereocenters. The third-order valence-electron chi connectivity index (χ3n) is 6.48. The lowest BCUT2D eigenvalue weighted by Gasteiger charge is -2.19. The van der Waals surface area contributed by atoms with Crippen molar-refractivity contribution in [1.82, 2.24) is 14.9 Å². The maximum absolute atomic E-state index is 13.7. The van der Waals surface area contributed by atoms with Crippen molar-refractivity contribution >= 4 is 45.6 Å². The van der Waals surface area contributed by atoms with E-state index in [1.807, 2.05) is 0 Å². The summed E-state index contributed by atoms with van der Waals surface area (Å²) in [5, 5.41) is 6.70. The van der Waals surface area contributed by atoms with Crippen LogP contribution in [0.4, 0.5) is 21.6 Å². The molecule has 1 aliphatic heterocycles. The Hall–Kier alpha value is -3.35. The standard InChI is InChI=1S/C29H35ClFN5O5/c1-38-13-10-36(11-14-39-2)9-3-6-28(37)35-26-16-22-25(17-27(26)41-18-21-5-4-12-40-21)32-19-33-29(22)34-20-7-8-24(31)23(30)15-20/h3,6-8,15-17,19,21H,4-5,9-14,18H2,1-2H3,(H,35,37)(H,32,33,34). The van der Waals surface area contributed by atoms with Gasteiger partial charge in [-0.3, -0.25) is 9.69 Å². The summed E-state index contributed by atoms with van der Waals surface area (Å²) in [6.07, 6.45) is 6.59. The number of benzene rings is 2. The van der Waals surface area contributed by atoms with E-state index in [1.54, 1.807) is 38.5 Å². The Morgan fingerprint density at radius 3 is 2.71 bits per heavy atom. The zero-order valence-electron chi connectivity index (χ0n) is 23.2. The monoisotopic (exact) mass is 587 g/mol. The van der Waals surface area contributed by atoms with E-state index in [1.165, 1.54) is 24.5 Å². The van der Waals surface area contributed by atoms with E-state index in [0.29, 0.717) is 79.9 Å². The number of halogens is 2. The van der Waals surface area contributed by atoms with Crippen LogP contribution < -0.4 is 15.4 Å². The molecule has 0 saturated carbocycles. The number of aromatic nitrogens is 2. The zero-order valence-corrected chi connectivity index (χ0v) is 24.0. The Kier molecular flexibility index (Phi) is 11.6. The zero-order chi connectivity index (χ0) is 29.0. The Morgan fingerprint density at radius 2 is 2.00 bits per heavy atom. The quantitative estimate of drug-likeness (QED) is 0.242. The summed E-state index contributed by atoms with van der Waals surface area (Å²) < 4.78 is 35.8. The summed E-state index contributed by atoms with van der Waals surface area (Å²) in [7, 11) is 3.31. The third-order valence-corrected chi connectivity index (χ3v) is 6.77. The molecular formula is C29H35ClFN5O5. The summed E-state index contributed by atoms with van der Waals surface area (Å²) in [6.45, 7) is 4.20. The van der Waals surface area contributed by atoms with E-state index in [0.717, 1.165) is 12.8 Å². The Bertz CT molecular complexity index is 1330. The molecule has 1 saturated heterocycles. The van der Waals surface area contributed by atoms with Crippen LogP contribution in [0, 0.1) is 5.82 Å². The molecule has 3 aromatic rings. The molecule has 12 heteroatoms. The van der Waals surface area contributed by atoms with Gasteiger partial charge in [-0.1, -0.05) is 17.7 Å². The SMILES string of the molecule is COCCN(CC=CC(=O)Nc1cc2c(Nc3ccc(F)c(Cl)c3)ncnc2cc1OCC1CCCO1)CCOC. The van der Waals surface area contributed by atoms with E-state index in [2.05, 4.69) is 25.5 Å². The fourth-order valence-electron chi connectivity index (χ4n) is 4.29. The van der Waals surface area contributed by atoms with Crippen LogP contribution in [0.3, 0.4) is 0 Å². The number of methoxy groups -OCH3 is 2. The molecule has 220 valence electrons. The van der Waals surface area contributed by atoms with Crippen LogP contribution in [0.25, 0.3) is 10.9 Å². The first-order valence-electron chi connectivity index (χ1n) is 13.4. The first-order chi connectivity index (χ1) is 20.0. The molecule has 1 amide bonds. The maximum atomic E-state index is 13.7. The van der Waals surface area contributed by atoms with E-state index in [4.69, 9.17) is 30.5 Å². The number of nitrogens with zero attached hydrogens (tertiary/aromatic N) is 3. The number of anilines is 3. The second-order valence-corrected chi connectivity index (χ2v) is 9.87. The molecule has 1 unspecified atom stereocenters. The van der Waals surface area contributed by atoms with Crippen molar-refractivity contribution in [1.29, 1.82) is 0 Å². The van der Waals surface area contributed by atoms with Crippen LogP contribution in [-0.4, -0.2) is 87.2 Å². The lowest BCUT2D eigenvalue weighted by molar-refractivity contribution is -0.111. The van der Waals surface area contributed by atoms with Gasteiger partial charge in [0.05, 0.1) is 35.5 Å². The molecule has 1 fully saturated rings. The van der Waals surface area contributed by atoms with Crippen LogP contribution in [-0.2, 0) is 19.0 Å². The summed E-state index contributed by atoms with van der Waals surface area (Å²) in [5.74, 6) is 0.0881. The second-order valence-electron chi connectivity index (χ2n) is 9.47. The third kappa shape index (κ3) is 9.07. The topological polar surface area (TPSA) is 107 Å². The molecule has 0 radical (unpaired) electrons. The van der Waals surface area contributed by atoms with Crippen molar-refractivity contribution in [2.45, 2.75) is 18.9 Å². The van der Waals surface area contributed by atoms with Gasteiger partial charge in [0.15, 0.2) is 0 Å². The highest BCUT2D eigenvalue weighted by Crippen LogP contribution is 2.34. The van der Waals surface area contributed by atoms with Crippen LogP contribution in [0.5, 0.6) is 5.75 Å². The number of hydrogen-bond donors (Lipinski definition) is 2. The number of rotatable bonds is 15. The van der Waals surface area contributed by atoms with E-state index in [-0.39, 0.29) is 17.0 Å². The van der Waals surface area contributed by atoms with Gasteiger partial charge >= 0.3 is 0 Å². The average Bonchev–Trinajstić information content (AvgIpc) is 3.49. The molecule has 2 N–H and O–H groups in total. The minimum atomic E-state index is -0.517. The number of carbonyl (C=O) groups excluding carboxylic acids is 1. The van der Waals surface area contributed by atoms with Gasteiger partial charge in [0.1, 0.15) is 30.3 Å². The molecule has 4 rings (SSSR count). The summed E-state index contributed by atoms with van der Waals surface area (Å²) in [6, 6.07) is 7.81. The van der Waals surface area contributed by atoms with Gasteiger partial charge in [-0.2, -0.15) is 0 Å². The molecular weight excluding hydrogens is 553 g/mol. The molecule has 2 aromatic carbocycles.